The van der Waals surface area contributed by atoms with E-state index in [1.54, 1.807) is 0 Å². The monoisotopic (exact) mass is 142 g/mol. The SMILES string of the molecule is CCCc1csc(N)n1. The fourth-order valence-corrected chi connectivity index (χ4v) is 1.29. The zero-order valence-corrected chi connectivity index (χ0v) is 6.24. The van der Waals surface area contributed by atoms with E-state index in [0.717, 1.165) is 18.5 Å². The minimum absolute atomic E-state index is 0.679. The summed E-state index contributed by atoms with van der Waals surface area (Å²) >= 11 is 1.51. The number of aryl methyl sites for hydroxylation is 1. The average Bonchev–Trinajstić information content (AvgIpc) is 2.17. The summed E-state index contributed by atoms with van der Waals surface area (Å²) in [4.78, 5) is 4.10. The summed E-state index contributed by atoms with van der Waals surface area (Å²) in [5.74, 6) is 0. The molecular formula is C6H10N2S. The number of hydrogen-bond donors (Lipinski definition) is 1. The van der Waals surface area contributed by atoms with Crippen LogP contribution < -0.4 is 5.73 Å². The van der Waals surface area contributed by atoms with E-state index in [4.69, 9.17) is 5.73 Å². The van der Waals surface area contributed by atoms with Crippen molar-refractivity contribution in [3.63, 3.8) is 0 Å². The highest BCUT2D eigenvalue weighted by Crippen LogP contribution is 2.11. The summed E-state index contributed by atoms with van der Waals surface area (Å²) in [6.45, 7) is 2.13. The molecule has 50 valence electrons. The van der Waals surface area contributed by atoms with Gasteiger partial charge in [0.15, 0.2) is 5.13 Å². The van der Waals surface area contributed by atoms with Crippen LogP contribution in [0.5, 0.6) is 0 Å². The van der Waals surface area contributed by atoms with Crippen molar-refractivity contribution >= 4 is 16.5 Å². The van der Waals surface area contributed by atoms with Crippen LogP contribution in [0.1, 0.15) is 19.0 Å². The van der Waals surface area contributed by atoms with Gasteiger partial charge < -0.3 is 5.73 Å². The average molecular weight is 142 g/mol. The normalized spacial score (nSPS) is 9.89. The lowest BCUT2D eigenvalue weighted by molar-refractivity contribution is 0.894. The van der Waals surface area contributed by atoms with Crippen molar-refractivity contribution in [3.05, 3.63) is 11.1 Å². The fraction of sp³-hybridized carbons (Fsp3) is 0.500. The molecule has 1 aromatic rings. The summed E-state index contributed by atoms with van der Waals surface area (Å²) in [6.07, 6.45) is 2.19. The van der Waals surface area contributed by atoms with Crippen LogP contribution in [0, 0.1) is 0 Å². The van der Waals surface area contributed by atoms with Gasteiger partial charge in [0.2, 0.25) is 0 Å². The lowest BCUT2D eigenvalue weighted by Gasteiger charge is -1.85. The van der Waals surface area contributed by atoms with E-state index < -0.39 is 0 Å². The Bertz CT molecular complexity index is 183. The second-order valence-corrected chi connectivity index (χ2v) is 2.82. The highest BCUT2D eigenvalue weighted by atomic mass is 32.1. The second kappa shape index (κ2) is 2.82. The van der Waals surface area contributed by atoms with Gasteiger partial charge in [-0.1, -0.05) is 13.3 Å². The van der Waals surface area contributed by atoms with Gasteiger partial charge in [-0.15, -0.1) is 11.3 Å². The van der Waals surface area contributed by atoms with Gasteiger partial charge in [-0.25, -0.2) is 4.98 Å². The Hall–Kier alpha value is -0.570. The van der Waals surface area contributed by atoms with Gasteiger partial charge in [-0.3, -0.25) is 0 Å². The van der Waals surface area contributed by atoms with Crippen molar-refractivity contribution in [2.45, 2.75) is 19.8 Å². The van der Waals surface area contributed by atoms with Gasteiger partial charge in [-0.2, -0.15) is 0 Å². The van der Waals surface area contributed by atoms with Crippen LogP contribution in [0.2, 0.25) is 0 Å². The molecule has 0 aliphatic rings. The molecule has 0 aliphatic heterocycles. The number of nitrogens with zero attached hydrogens (tertiary/aromatic N) is 1. The molecule has 0 unspecified atom stereocenters. The van der Waals surface area contributed by atoms with Gasteiger partial charge in [0.05, 0.1) is 5.69 Å². The molecule has 3 heteroatoms. The lowest BCUT2D eigenvalue weighted by atomic mass is 10.3. The van der Waals surface area contributed by atoms with Crippen molar-refractivity contribution in [2.75, 3.05) is 5.73 Å². The first kappa shape index (κ1) is 6.55. The molecule has 0 radical (unpaired) electrons. The molecule has 0 fully saturated rings. The maximum absolute atomic E-state index is 5.42. The molecule has 0 saturated carbocycles. The minimum Gasteiger partial charge on any atom is -0.375 e. The first-order valence-electron chi connectivity index (χ1n) is 3.03. The van der Waals surface area contributed by atoms with Crippen LogP contribution >= 0.6 is 11.3 Å². The molecule has 0 atom stereocenters. The predicted molar refractivity (Wildman–Crippen MR) is 40.5 cm³/mol. The molecule has 0 aromatic carbocycles. The first-order chi connectivity index (χ1) is 4.33. The Morgan fingerprint density at radius 3 is 3.00 bits per heavy atom. The zero-order valence-electron chi connectivity index (χ0n) is 5.42. The molecule has 1 rings (SSSR count). The molecule has 9 heavy (non-hydrogen) atoms. The third-order valence-corrected chi connectivity index (χ3v) is 1.80. The Kier molecular flexibility index (Phi) is 2.05. The van der Waals surface area contributed by atoms with Crippen LogP contribution in [-0.2, 0) is 6.42 Å². The van der Waals surface area contributed by atoms with E-state index >= 15 is 0 Å². The predicted octanol–water partition coefficient (Wildman–Crippen LogP) is 1.68. The molecule has 0 spiro atoms. The highest BCUT2D eigenvalue weighted by molar-refractivity contribution is 7.13. The van der Waals surface area contributed by atoms with Gasteiger partial charge in [0.25, 0.3) is 0 Å². The Morgan fingerprint density at radius 1 is 1.78 bits per heavy atom. The number of aromatic nitrogens is 1. The molecule has 0 bridgehead atoms. The molecular weight excluding hydrogens is 132 g/mol. The van der Waals surface area contributed by atoms with Crippen molar-refractivity contribution in [2.24, 2.45) is 0 Å². The van der Waals surface area contributed by atoms with Gasteiger partial charge >= 0.3 is 0 Å². The Morgan fingerprint density at radius 2 is 2.56 bits per heavy atom. The van der Waals surface area contributed by atoms with Crippen LogP contribution in [0.4, 0.5) is 5.13 Å². The standard InChI is InChI=1S/C6H10N2S/c1-2-3-5-4-9-6(7)8-5/h4H,2-3H2,1H3,(H2,7,8). The van der Waals surface area contributed by atoms with Crippen LogP contribution in [0.25, 0.3) is 0 Å². The number of anilines is 1. The summed E-state index contributed by atoms with van der Waals surface area (Å²) in [6, 6.07) is 0. The summed E-state index contributed by atoms with van der Waals surface area (Å²) in [5.41, 5.74) is 6.54. The molecule has 1 heterocycles. The van der Waals surface area contributed by atoms with Crippen molar-refractivity contribution in [1.29, 1.82) is 0 Å². The van der Waals surface area contributed by atoms with Crippen LogP contribution in [0.3, 0.4) is 0 Å². The van der Waals surface area contributed by atoms with E-state index in [1.165, 1.54) is 11.3 Å². The maximum atomic E-state index is 5.42. The second-order valence-electron chi connectivity index (χ2n) is 1.93. The third-order valence-electron chi connectivity index (χ3n) is 1.08. The van der Waals surface area contributed by atoms with Gasteiger partial charge in [-0.05, 0) is 6.42 Å². The largest absolute Gasteiger partial charge is 0.375 e. The lowest BCUT2D eigenvalue weighted by Crippen LogP contribution is -1.85. The molecule has 0 saturated heterocycles. The number of nitrogen functional groups attached to an aromatic ring is 1. The number of thiazole rings is 1. The molecule has 0 aliphatic carbocycles. The quantitative estimate of drug-likeness (QED) is 0.682. The van der Waals surface area contributed by atoms with E-state index in [9.17, 15) is 0 Å². The van der Waals surface area contributed by atoms with E-state index in [1.807, 2.05) is 5.38 Å². The van der Waals surface area contributed by atoms with E-state index in [0.29, 0.717) is 5.13 Å². The molecule has 2 N–H and O–H groups in total. The Labute approximate surface area is 58.7 Å². The van der Waals surface area contributed by atoms with Gasteiger partial charge in [0, 0.05) is 5.38 Å². The molecule has 2 nitrogen and oxygen atoms in total. The highest BCUT2D eigenvalue weighted by Gasteiger charge is 1.94. The first-order valence-corrected chi connectivity index (χ1v) is 3.90. The summed E-state index contributed by atoms with van der Waals surface area (Å²) < 4.78 is 0. The number of hydrogen-bond acceptors (Lipinski definition) is 3. The Balaban J connectivity index is 2.61. The number of nitrogens with two attached hydrogens (primary N) is 1. The topological polar surface area (TPSA) is 38.9 Å². The minimum atomic E-state index is 0.679. The maximum Gasteiger partial charge on any atom is 0.180 e. The van der Waals surface area contributed by atoms with Gasteiger partial charge in [0.1, 0.15) is 0 Å². The smallest absolute Gasteiger partial charge is 0.180 e. The van der Waals surface area contributed by atoms with Crippen LogP contribution in [0.15, 0.2) is 5.38 Å². The molecule has 0 amide bonds. The summed E-state index contributed by atoms with van der Waals surface area (Å²) in [5, 5.41) is 2.69. The number of rotatable bonds is 2. The van der Waals surface area contributed by atoms with E-state index in [-0.39, 0.29) is 0 Å². The van der Waals surface area contributed by atoms with Crippen molar-refractivity contribution in [3.8, 4) is 0 Å². The third kappa shape index (κ3) is 1.68. The molecule has 1 aromatic heterocycles. The fourth-order valence-electron chi connectivity index (χ4n) is 0.694. The summed E-state index contributed by atoms with van der Waals surface area (Å²) in [7, 11) is 0. The van der Waals surface area contributed by atoms with Crippen molar-refractivity contribution in [1.82, 2.24) is 4.98 Å². The van der Waals surface area contributed by atoms with E-state index in [2.05, 4.69) is 11.9 Å². The van der Waals surface area contributed by atoms with Crippen molar-refractivity contribution < 1.29 is 0 Å². The zero-order chi connectivity index (χ0) is 6.69. The van der Waals surface area contributed by atoms with Crippen LogP contribution in [-0.4, -0.2) is 4.98 Å².